The van der Waals surface area contributed by atoms with Gasteiger partial charge in [0.25, 0.3) is 0 Å². The monoisotopic (exact) mass is 707 g/mol. The van der Waals surface area contributed by atoms with E-state index in [4.69, 9.17) is 20.2 Å². The van der Waals surface area contributed by atoms with E-state index in [1.54, 1.807) is 0 Å². The van der Waals surface area contributed by atoms with Gasteiger partial charge in [-0.2, -0.15) is 0 Å². The molecule has 0 aliphatic carbocycles. The molecule has 6 rings (SSSR count). The molecule has 217 valence electrons. The van der Waals surface area contributed by atoms with Gasteiger partial charge in [0.2, 0.25) is 0 Å². The fourth-order valence-corrected chi connectivity index (χ4v) is 9.78. The van der Waals surface area contributed by atoms with Crippen molar-refractivity contribution in [2.24, 2.45) is 0 Å². The molecule has 0 aromatic heterocycles. The van der Waals surface area contributed by atoms with Gasteiger partial charge < -0.3 is 10.5 Å². The van der Waals surface area contributed by atoms with Crippen LogP contribution in [-0.2, 0) is 15.7 Å². The topological polar surface area (TPSA) is 39.4 Å². The third kappa shape index (κ3) is 11.0. The first-order chi connectivity index (χ1) is 21.3. The molecule has 6 heteroatoms. The molecule has 0 N–H and O–H groups in total. The fourth-order valence-electron chi connectivity index (χ4n) is 4.63. The number of nitrogens with zero attached hydrogens (tertiary/aromatic N) is 1. The molecule has 6 aromatic carbocycles. The molecule has 0 spiro atoms. The molecule has 0 aliphatic rings. The zero-order valence-electron chi connectivity index (χ0n) is 23.6. The number of nitroso groups, excluding NO2 is 1. The van der Waals surface area contributed by atoms with E-state index < -0.39 is 15.8 Å². The quantitative estimate of drug-likeness (QED) is 0.132. The van der Waals surface area contributed by atoms with Gasteiger partial charge in [-0.25, -0.2) is 0 Å². The summed E-state index contributed by atoms with van der Waals surface area (Å²) in [5.74, 6) is 0. The van der Waals surface area contributed by atoms with Crippen LogP contribution in [0.5, 0.6) is 0 Å². The molecule has 2 nitrogen and oxygen atoms in total. The van der Waals surface area contributed by atoms with Gasteiger partial charge in [-0.3, -0.25) is 0 Å². The fraction of sp³-hybridized carbons (Fsp3) is 0. The van der Waals surface area contributed by atoms with Crippen LogP contribution in [0.1, 0.15) is 0 Å². The first-order valence-electron chi connectivity index (χ1n) is 13.5. The molecule has 0 bridgehead atoms. The van der Waals surface area contributed by atoms with E-state index >= 15 is 0 Å². The van der Waals surface area contributed by atoms with Gasteiger partial charge in [-0.05, 0) is 72.8 Å². The number of rotatable bonds is 6. The van der Waals surface area contributed by atoms with Crippen molar-refractivity contribution < 1.29 is 15.7 Å². The second kappa shape index (κ2) is 20.5. The Balaban J connectivity index is 0.000000205. The Kier molecular flexibility index (Phi) is 16.2. The minimum absolute atomic E-state index is 0.0678. The minimum atomic E-state index is -0.877. The predicted octanol–water partition coefficient (Wildman–Crippen LogP) is 7.33. The van der Waals surface area contributed by atoms with Crippen molar-refractivity contribution in [1.29, 1.82) is 0 Å². The van der Waals surface area contributed by atoms with E-state index in [-0.39, 0.29) is 15.7 Å². The number of hydrogen-bond donors (Lipinski definition) is 0. The summed E-state index contributed by atoms with van der Waals surface area (Å²) in [6.45, 7) is 0. The summed E-state index contributed by atoms with van der Waals surface area (Å²) >= 11 is -0.0678. The van der Waals surface area contributed by atoms with Crippen molar-refractivity contribution in [3.8, 4) is 0 Å². The molecular weight excluding hydrogens is 673 g/mol. The molecule has 0 atom stereocenters. The molecule has 0 radical (unpaired) electrons. The normalized spacial score (nSPS) is 9.84. The molecule has 6 aromatic rings. The summed E-state index contributed by atoms with van der Waals surface area (Å²) in [6, 6.07) is 65.0. The first kappa shape index (κ1) is 34.1. The largest absolute Gasteiger partial charge is 0.577 e. The number of hydrogen-bond acceptors (Lipinski definition) is 1. The van der Waals surface area contributed by atoms with Crippen molar-refractivity contribution in [3.63, 3.8) is 0 Å². The summed E-state index contributed by atoms with van der Waals surface area (Å²) in [5.41, 5.74) is 5.75. The minimum Gasteiger partial charge on any atom is -0.577 e. The summed E-state index contributed by atoms with van der Waals surface area (Å²) < 4.78 is 0. The van der Waals surface area contributed by atoms with E-state index in [1.807, 2.05) is 0 Å². The number of halogens is 1. The van der Waals surface area contributed by atoms with Gasteiger partial charge in [0.05, 0.1) is 15.8 Å². The first-order valence-corrected chi connectivity index (χ1v) is 20.0. The SMILES string of the molecule is [CH2]=[Ru][Cl].[N-]=O.c1ccc([PH+](c2ccccc2)c2ccccc2)cc1.c1ccc([PH+](c2ccccc2)c2ccccc2)cc1. The Hall–Kier alpha value is -3.44. The Labute approximate surface area is 269 Å². The van der Waals surface area contributed by atoms with Gasteiger partial charge in [-0.15, -0.1) is 0 Å². The van der Waals surface area contributed by atoms with Gasteiger partial charge in [0.1, 0.15) is 31.8 Å². The van der Waals surface area contributed by atoms with Crippen LogP contribution in [0.2, 0.25) is 0 Å². The van der Waals surface area contributed by atoms with E-state index in [2.05, 4.69) is 187 Å². The van der Waals surface area contributed by atoms with Crippen molar-refractivity contribution in [1.82, 2.24) is 0 Å². The second-order valence-electron chi connectivity index (χ2n) is 9.04. The van der Waals surface area contributed by atoms with Crippen LogP contribution in [0, 0.1) is 4.91 Å². The van der Waals surface area contributed by atoms with Crippen LogP contribution in [0.25, 0.3) is 5.59 Å². The van der Waals surface area contributed by atoms with E-state index in [1.165, 1.54) is 31.8 Å². The maximum absolute atomic E-state index is 7.25. The van der Waals surface area contributed by atoms with Crippen LogP contribution in [0.15, 0.2) is 182 Å². The van der Waals surface area contributed by atoms with Gasteiger partial charge >= 0.3 is 30.5 Å². The molecule has 0 amide bonds. The molecule has 0 fully saturated rings. The predicted molar refractivity (Wildman–Crippen MR) is 193 cm³/mol. The molecule has 0 heterocycles. The van der Waals surface area contributed by atoms with Crippen molar-refractivity contribution in [2.75, 3.05) is 0 Å². The zero-order chi connectivity index (χ0) is 30.5. The third-order valence-electron chi connectivity index (χ3n) is 6.37. The van der Waals surface area contributed by atoms with Crippen LogP contribution in [-0.4, -0.2) is 5.11 Å². The average Bonchev–Trinajstić information content (AvgIpc) is 3.10. The van der Waals surface area contributed by atoms with Crippen LogP contribution in [0.4, 0.5) is 0 Å². The molecule has 43 heavy (non-hydrogen) atoms. The standard InChI is InChI=1S/2C18H15P.CH2.ClH.NO.Ru/c2*1-4-10-16(11-5-1)19(17-12-6-2-7-13-17)18-14-8-3-9-15-18;;;1-2;/h2*1-15H;1H2;1H;;/q;;;;-1;+1/p+1. The summed E-state index contributed by atoms with van der Waals surface area (Å²) in [7, 11) is 3.22. The van der Waals surface area contributed by atoms with Crippen molar-refractivity contribution in [2.45, 2.75) is 0 Å². The Morgan fingerprint density at radius 1 is 0.372 bits per heavy atom. The maximum Gasteiger partial charge on any atom is 0.102 e. The Morgan fingerprint density at radius 2 is 0.488 bits per heavy atom. The summed E-state index contributed by atoms with van der Waals surface area (Å²) in [5, 5.41) is 12.0. The van der Waals surface area contributed by atoms with Crippen LogP contribution >= 0.6 is 25.5 Å². The summed E-state index contributed by atoms with van der Waals surface area (Å²) in [4.78, 5) is 7.25. The van der Waals surface area contributed by atoms with Crippen LogP contribution < -0.4 is 31.8 Å². The van der Waals surface area contributed by atoms with E-state index in [9.17, 15) is 0 Å². The third-order valence-corrected chi connectivity index (χ3v) is 11.8. The van der Waals surface area contributed by atoms with Gasteiger partial charge in [0, 0.05) is 0 Å². The smallest absolute Gasteiger partial charge is 0.102 e. The van der Waals surface area contributed by atoms with Crippen molar-refractivity contribution in [3.05, 3.63) is 192 Å². The molecule has 0 unspecified atom stereocenters. The van der Waals surface area contributed by atoms with E-state index in [0.29, 0.717) is 0 Å². The molecule has 0 aliphatic heterocycles. The Morgan fingerprint density at radius 3 is 0.605 bits per heavy atom. The second-order valence-corrected chi connectivity index (χ2v) is 15.6. The number of benzene rings is 6. The average molecular weight is 707 g/mol. The van der Waals surface area contributed by atoms with Crippen molar-refractivity contribution >= 4 is 62.5 Å². The molecule has 0 saturated carbocycles. The van der Waals surface area contributed by atoms with Crippen LogP contribution in [0.3, 0.4) is 0 Å². The van der Waals surface area contributed by atoms with E-state index in [0.717, 1.165) is 0 Å². The maximum atomic E-state index is 7.25. The molecule has 0 saturated heterocycles. The summed E-state index contributed by atoms with van der Waals surface area (Å²) in [6.07, 6.45) is 0. The zero-order valence-corrected chi connectivity index (χ0v) is 28.1. The molecular formula is C37H34ClNOP2Ru+. The van der Waals surface area contributed by atoms with Gasteiger partial charge in [0.15, 0.2) is 0 Å². The van der Waals surface area contributed by atoms with Gasteiger partial charge in [-0.1, -0.05) is 109 Å². The Bertz CT molecular complexity index is 1260.